The highest BCUT2D eigenvalue weighted by atomic mass is 79.9. The smallest absolute Gasteiger partial charge is 0.406 e. The highest BCUT2D eigenvalue weighted by Crippen LogP contribution is 2.42. The molecule has 7 aromatic carbocycles. The van der Waals surface area contributed by atoms with Crippen molar-refractivity contribution in [2.45, 2.75) is 99.9 Å². The molecular weight excluding hydrogens is 1050 g/mol. The molecule has 0 bridgehead atoms. The Bertz CT molecular complexity index is 2820. The standard InChI is InChI=1S/C40H39BrO6.C20H21F3O6/c41-35-23-13-22-34(24-35)40(42)39(46-28-33-20-11-4-12-21-33)38(45-27-32-18-9-3-10-19-32)37(44-26-31-16-7-2-8-17-31)36(47-40)29-43-25-30-14-5-1-6-15-30;21-20(22,23)29-14-6-4-11(5-7-14)8-12-2-1-3-13(9-12)19-18(27)17(26)16(25)15(10-24)28-19/h1-24,36-39,42H,25-29H2;1-7,9,15-19,24-27H,8,10H2/t36-,37-,38+,39-,40?;15-,16-,17+,18-,19+/m11/s1. The second kappa shape index (κ2) is 27.0. The third-order valence-corrected chi connectivity index (χ3v) is 13.4. The third-order valence-electron chi connectivity index (χ3n) is 12.9. The Morgan fingerprint density at radius 2 is 1.05 bits per heavy atom. The largest absolute Gasteiger partial charge is 0.573 e. The van der Waals surface area contributed by atoms with Crippen LogP contribution in [0.3, 0.4) is 0 Å². The van der Waals surface area contributed by atoms with Gasteiger partial charge in [-0.05, 0) is 69.6 Å². The summed E-state index contributed by atoms with van der Waals surface area (Å²) in [4.78, 5) is 0. The van der Waals surface area contributed by atoms with Crippen molar-refractivity contribution in [1.29, 1.82) is 0 Å². The summed E-state index contributed by atoms with van der Waals surface area (Å²) in [5, 5.41) is 52.1. The molecule has 2 heterocycles. The molecule has 7 aromatic rings. The lowest BCUT2D eigenvalue weighted by Gasteiger charge is -2.50. The first-order chi connectivity index (χ1) is 36.8. The number of ether oxygens (including phenoxy) is 7. The summed E-state index contributed by atoms with van der Waals surface area (Å²) in [5.41, 5.74) is 6.60. The zero-order chi connectivity index (χ0) is 53.5. The zero-order valence-corrected chi connectivity index (χ0v) is 42.8. The molecule has 16 heteroatoms. The van der Waals surface area contributed by atoms with Crippen LogP contribution in [0.5, 0.6) is 5.75 Å². The molecule has 10 atom stereocenters. The van der Waals surface area contributed by atoms with Crippen LogP contribution in [0.2, 0.25) is 0 Å². The van der Waals surface area contributed by atoms with Crippen LogP contribution in [-0.4, -0.2) is 93.9 Å². The van der Waals surface area contributed by atoms with Crippen molar-refractivity contribution in [3.63, 3.8) is 0 Å². The monoisotopic (exact) mass is 1110 g/mol. The molecule has 9 rings (SSSR count). The van der Waals surface area contributed by atoms with Gasteiger partial charge in [-0.15, -0.1) is 13.2 Å². The first-order valence-corrected chi connectivity index (χ1v) is 25.5. The summed E-state index contributed by atoms with van der Waals surface area (Å²) in [5.74, 6) is -2.20. The van der Waals surface area contributed by atoms with Crippen molar-refractivity contribution in [1.82, 2.24) is 0 Å². The molecule has 0 spiro atoms. The van der Waals surface area contributed by atoms with E-state index in [-0.39, 0.29) is 25.6 Å². The van der Waals surface area contributed by atoms with E-state index in [0.717, 1.165) is 37.9 Å². The summed E-state index contributed by atoms with van der Waals surface area (Å²) >= 11 is 3.58. The lowest BCUT2D eigenvalue weighted by atomic mass is 9.87. The Hall–Kier alpha value is -5.83. The van der Waals surface area contributed by atoms with Gasteiger partial charge in [0, 0.05) is 10.0 Å². The van der Waals surface area contributed by atoms with Crippen molar-refractivity contribution in [2.75, 3.05) is 13.2 Å². The fraction of sp³-hybridized carbons (Fsp3) is 0.300. The average Bonchev–Trinajstić information content (AvgIpc) is 3.45. The Morgan fingerprint density at radius 3 is 1.61 bits per heavy atom. The Labute approximate surface area is 447 Å². The van der Waals surface area contributed by atoms with Gasteiger partial charge in [-0.3, -0.25) is 0 Å². The summed E-state index contributed by atoms with van der Waals surface area (Å²) in [6, 6.07) is 59.7. The molecular formula is C60H60BrF3O12. The van der Waals surface area contributed by atoms with Gasteiger partial charge in [-0.2, -0.15) is 0 Å². The number of alkyl halides is 3. The number of aliphatic hydroxyl groups is 5. The molecule has 2 aliphatic heterocycles. The Kier molecular flexibility index (Phi) is 20.0. The van der Waals surface area contributed by atoms with Gasteiger partial charge < -0.3 is 58.7 Å². The SMILES string of the molecule is OC1(c2cccc(Br)c2)O[C@H](COCc2ccccc2)[C@@H](OCc2ccccc2)[C@H](OCc2ccccc2)[C@H]1OCc1ccccc1.OC[C@H]1O[C@@H](c2cccc(Cc3ccc(OC(F)(F)F)cc3)c2)[C@H](O)[C@@H](O)[C@@H]1O. The van der Waals surface area contributed by atoms with Gasteiger partial charge >= 0.3 is 6.36 Å². The van der Waals surface area contributed by atoms with E-state index in [1.165, 1.54) is 24.3 Å². The maximum Gasteiger partial charge on any atom is 0.573 e. The minimum atomic E-state index is -4.75. The number of hydrogen-bond acceptors (Lipinski definition) is 12. The van der Waals surface area contributed by atoms with Crippen LogP contribution in [0, 0.1) is 0 Å². The van der Waals surface area contributed by atoms with E-state index in [0.29, 0.717) is 30.8 Å². The fourth-order valence-corrected chi connectivity index (χ4v) is 9.50. The molecule has 0 amide bonds. The summed E-state index contributed by atoms with van der Waals surface area (Å²) in [6.45, 7) is 0.848. The molecule has 0 saturated carbocycles. The molecule has 1 unspecified atom stereocenters. The number of rotatable bonds is 19. The molecule has 0 aromatic heterocycles. The summed E-state index contributed by atoms with van der Waals surface area (Å²) in [6.07, 6.45) is -13.7. The van der Waals surface area contributed by atoms with E-state index in [1.54, 1.807) is 24.3 Å². The number of benzene rings is 7. The molecule has 0 aliphatic carbocycles. The first-order valence-electron chi connectivity index (χ1n) is 24.7. The van der Waals surface area contributed by atoms with Gasteiger partial charge in [-0.1, -0.05) is 186 Å². The van der Waals surface area contributed by atoms with Crippen molar-refractivity contribution < 1.29 is 71.9 Å². The lowest BCUT2D eigenvalue weighted by Crippen LogP contribution is -2.65. The molecule has 12 nitrogen and oxygen atoms in total. The van der Waals surface area contributed by atoms with E-state index in [9.17, 15) is 38.7 Å². The second-order valence-electron chi connectivity index (χ2n) is 18.5. The van der Waals surface area contributed by atoms with E-state index < -0.39 is 73.7 Å². The predicted molar refractivity (Wildman–Crippen MR) is 279 cm³/mol. The van der Waals surface area contributed by atoms with Crippen molar-refractivity contribution in [3.8, 4) is 5.75 Å². The van der Waals surface area contributed by atoms with Gasteiger partial charge in [-0.25, -0.2) is 0 Å². The quantitative estimate of drug-likeness (QED) is 0.0522. The summed E-state index contributed by atoms with van der Waals surface area (Å²) in [7, 11) is 0. The molecule has 5 N–H and O–H groups in total. The van der Waals surface area contributed by atoms with Crippen LogP contribution in [0.1, 0.15) is 50.6 Å². The first kappa shape index (κ1) is 56.4. The van der Waals surface area contributed by atoms with Gasteiger partial charge in [0.05, 0.1) is 39.6 Å². The van der Waals surface area contributed by atoms with Crippen LogP contribution in [-0.2, 0) is 67.1 Å². The minimum absolute atomic E-state index is 0.154. The van der Waals surface area contributed by atoms with Crippen LogP contribution in [0.25, 0.3) is 0 Å². The zero-order valence-electron chi connectivity index (χ0n) is 41.2. The molecule has 0 radical (unpaired) electrons. The molecule has 76 heavy (non-hydrogen) atoms. The van der Waals surface area contributed by atoms with Crippen LogP contribution in [0.15, 0.2) is 199 Å². The minimum Gasteiger partial charge on any atom is -0.406 e. The number of aliphatic hydroxyl groups excluding tert-OH is 4. The van der Waals surface area contributed by atoms with Crippen LogP contribution < -0.4 is 4.74 Å². The number of halogens is 4. The maximum absolute atomic E-state index is 12.7. The Morgan fingerprint density at radius 1 is 0.526 bits per heavy atom. The summed E-state index contributed by atoms with van der Waals surface area (Å²) < 4.78 is 80.0. The van der Waals surface area contributed by atoms with E-state index in [2.05, 4.69) is 20.7 Å². The van der Waals surface area contributed by atoms with Crippen molar-refractivity contribution in [2.24, 2.45) is 0 Å². The lowest BCUT2D eigenvalue weighted by molar-refractivity contribution is -0.378. The van der Waals surface area contributed by atoms with E-state index in [4.69, 9.17) is 28.4 Å². The van der Waals surface area contributed by atoms with Gasteiger partial charge in [0.1, 0.15) is 60.7 Å². The molecule has 2 fully saturated rings. The van der Waals surface area contributed by atoms with Crippen LogP contribution >= 0.6 is 15.9 Å². The van der Waals surface area contributed by atoms with Gasteiger partial charge in [0.15, 0.2) is 0 Å². The molecule has 2 saturated heterocycles. The topological polar surface area (TPSA) is 166 Å². The van der Waals surface area contributed by atoms with Gasteiger partial charge in [0.2, 0.25) is 5.79 Å². The third kappa shape index (κ3) is 15.4. The van der Waals surface area contributed by atoms with Crippen molar-refractivity contribution >= 4 is 15.9 Å². The molecule has 400 valence electrons. The van der Waals surface area contributed by atoms with E-state index in [1.807, 2.05) is 146 Å². The fourth-order valence-electron chi connectivity index (χ4n) is 9.10. The Balaban J connectivity index is 0.000000226. The normalized spacial score (nSPS) is 24.5. The van der Waals surface area contributed by atoms with Crippen LogP contribution in [0.4, 0.5) is 13.2 Å². The maximum atomic E-state index is 12.7. The number of hydrogen-bond donors (Lipinski definition) is 5. The highest BCUT2D eigenvalue weighted by Gasteiger charge is 2.57. The predicted octanol–water partition coefficient (Wildman–Crippen LogP) is 9.66. The molecule has 2 aliphatic rings. The van der Waals surface area contributed by atoms with Gasteiger partial charge in [0.25, 0.3) is 0 Å². The average molecular weight is 1110 g/mol. The second-order valence-corrected chi connectivity index (χ2v) is 19.4. The van der Waals surface area contributed by atoms with E-state index >= 15 is 0 Å². The highest BCUT2D eigenvalue weighted by molar-refractivity contribution is 9.10. The van der Waals surface area contributed by atoms with Crippen molar-refractivity contribution in [3.05, 3.63) is 243 Å².